The lowest BCUT2D eigenvalue weighted by molar-refractivity contribution is -0.385. The molecule has 0 spiro atoms. The van der Waals surface area contributed by atoms with Gasteiger partial charge >= 0.3 is 11.7 Å². The molecule has 0 saturated heterocycles. The average molecular weight is 587 g/mol. The number of ether oxygens (including phenoxy) is 1. The highest BCUT2D eigenvalue weighted by Gasteiger charge is 2.33. The normalized spacial score (nSPS) is 15.3. The van der Waals surface area contributed by atoms with Gasteiger partial charge in [-0.3, -0.25) is 19.5 Å². The number of anilines is 1. The topological polar surface area (TPSA) is 127 Å². The van der Waals surface area contributed by atoms with Crippen molar-refractivity contribution in [3.63, 3.8) is 0 Å². The van der Waals surface area contributed by atoms with Gasteiger partial charge in [-0.15, -0.1) is 0 Å². The Bertz CT molecular complexity index is 1620. The predicted octanol–water partition coefficient (Wildman–Crippen LogP) is 3.24. The summed E-state index contributed by atoms with van der Waals surface area (Å²) in [6, 6.07) is 9.34. The second-order valence-electron chi connectivity index (χ2n) is 8.41. The molecule has 0 radical (unpaired) electrons. The van der Waals surface area contributed by atoms with Crippen molar-refractivity contribution >= 4 is 50.7 Å². The summed E-state index contributed by atoms with van der Waals surface area (Å²) in [5.41, 5.74) is 1.46. The number of allylic oxidation sites excluding steroid dienone is 1. The largest absolute Gasteiger partial charge is 0.502 e. The summed E-state index contributed by atoms with van der Waals surface area (Å²) in [4.78, 5) is 44.1. The molecule has 3 aromatic rings. The number of hydrogen-bond acceptors (Lipinski definition) is 9. The van der Waals surface area contributed by atoms with Crippen molar-refractivity contribution in [2.24, 2.45) is 4.99 Å². The first-order valence-electron chi connectivity index (χ1n) is 11.2. The molecule has 10 nitrogen and oxygen atoms in total. The lowest BCUT2D eigenvalue weighted by atomic mass is 9.95. The number of halogens is 1. The van der Waals surface area contributed by atoms with Crippen molar-refractivity contribution in [1.29, 1.82) is 0 Å². The quantitative estimate of drug-likeness (QED) is 0.267. The summed E-state index contributed by atoms with van der Waals surface area (Å²) in [7, 11) is 3.82. The summed E-state index contributed by atoms with van der Waals surface area (Å²) >= 11 is 4.27. The zero-order chi connectivity index (χ0) is 27.0. The van der Waals surface area contributed by atoms with Crippen LogP contribution in [0.15, 0.2) is 61.9 Å². The van der Waals surface area contributed by atoms with Crippen LogP contribution >= 0.6 is 27.3 Å². The summed E-state index contributed by atoms with van der Waals surface area (Å²) in [6.07, 6.45) is 1.38. The number of nitro benzene ring substituents is 1. The Hall–Kier alpha value is -3.77. The Kier molecular flexibility index (Phi) is 7.32. The minimum Gasteiger partial charge on any atom is -0.502 e. The molecule has 1 atom stereocenters. The van der Waals surface area contributed by atoms with Gasteiger partial charge in [0.25, 0.3) is 5.56 Å². The van der Waals surface area contributed by atoms with Crippen LogP contribution in [0.1, 0.15) is 31.0 Å². The molecule has 0 saturated carbocycles. The smallest absolute Gasteiger partial charge is 0.338 e. The third kappa shape index (κ3) is 4.94. The van der Waals surface area contributed by atoms with Gasteiger partial charge in [0.1, 0.15) is 0 Å². The van der Waals surface area contributed by atoms with Crippen LogP contribution in [0.2, 0.25) is 0 Å². The molecule has 2 heterocycles. The fraction of sp³-hybridized carbons (Fsp3) is 0.240. The number of hydrogen-bond donors (Lipinski definition) is 1. The molecule has 1 aliphatic heterocycles. The summed E-state index contributed by atoms with van der Waals surface area (Å²) in [6.45, 7) is 3.55. The Labute approximate surface area is 223 Å². The number of aromatic hydroxyl groups is 1. The molecule has 0 amide bonds. The van der Waals surface area contributed by atoms with Crippen molar-refractivity contribution in [2.45, 2.75) is 19.9 Å². The molecule has 1 N–H and O–H groups in total. The number of fused-ring (bicyclic) bond motifs is 1. The molecule has 2 aromatic carbocycles. The van der Waals surface area contributed by atoms with Gasteiger partial charge in [0.05, 0.1) is 33.4 Å². The van der Waals surface area contributed by atoms with Gasteiger partial charge in [-0.05, 0) is 43.7 Å². The second kappa shape index (κ2) is 10.3. The highest BCUT2D eigenvalue weighted by atomic mass is 79.9. The first kappa shape index (κ1) is 26.3. The lowest BCUT2D eigenvalue weighted by Crippen LogP contribution is -2.39. The van der Waals surface area contributed by atoms with E-state index in [-0.39, 0.29) is 22.3 Å². The number of nitrogens with zero attached hydrogens (tertiary/aromatic N) is 4. The third-order valence-corrected chi connectivity index (χ3v) is 7.25. The number of phenolic OH excluding ortho intramolecular Hbond substituents is 1. The Morgan fingerprint density at radius 2 is 2.00 bits per heavy atom. The highest BCUT2D eigenvalue weighted by Crippen LogP contribution is 2.34. The third-order valence-electron chi connectivity index (χ3n) is 5.81. The zero-order valence-electron chi connectivity index (χ0n) is 20.4. The molecule has 192 valence electrons. The number of thiazole rings is 1. The minimum absolute atomic E-state index is 0.0968. The standard InChI is InChI=1S/C25H23BrN4O6S/c1-5-36-24(33)20-13(2)27-25-29(21(20)14-6-8-17(9-7-14)28(3)4)23(32)19(37-25)11-15-10-16(26)12-18(22(15)31)30(34)35/h6-12,21,31H,5H2,1-4H3/b19-11-/t21-/m0/s1. The maximum Gasteiger partial charge on any atom is 0.338 e. The van der Waals surface area contributed by atoms with E-state index in [0.717, 1.165) is 17.0 Å². The maximum atomic E-state index is 13.7. The fourth-order valence-corrected chi connectivity index (χ4v) is 5.56. The highest BCUT2D eigenvalue weighted by molar-refractivity contribution is 9.10. The Balaban J connectivity index is 1.97. The van der Waals surface area contributed by atoms with Crippen molar-refractivity contribution in [3.8, 4) is 5.75 Å². The first-order chi connectivity index (χ1) is 17.5. The van der Waals surface area contributed by atoms with Gasteiger partial charge in [0, 0.05) is 35.9 Å². The van der Waals surface area contributed by atoms with E-state index in [1.54, 1.807) is 13.8 Å². The number of esters is 1. The van der Waals surface area contributed by atoms with Crippen LogP contribution in [-0.2, 0) is 9.53 Å². The number of benzene rings is 2. The van der Waals surface area contributed by atoms with Crippen LogP contribution in [0.4, 0.5) is 11.4 Å². The van der Waals surface area contributed by atoms with Gasteiger partial charge in [0.2, 0.25) is 5.75 Å². The Morgan fingerprint density at radius 1 is 1.32 bits per heavy atom. The first-order valence-corrected chi connectivity index (χ1v) is 12.8. The number of aromatic nitrogens is 1. The Morgan fingerprint density at radius 3 is 2.59 bits per heavy atom. The van der Waals surface area contributed by atoms with Crippen LogP contribution in [-0.4, -0.2) is 41.3 Å². The van der Waals surface area contributed by atoms with Crippen molar-refractivity contribution in [1.82, 2.24) is 4.57 Å². The molecule has 37 heavy (non-hydrogen) atoms. The van der Waals surface area contributed by atoms with E-state index in [9.17, 15) is 24.8 Å². The van der Waals surface area contributed by atoms with Gasteiger partial charge < -0.3 is 14.7 Å². The monoisotopic (exact) mass is 586 g/mol. The van der Waals surface area contributed by atoms with Crippen LogP contribution < -0.4 is 19.8 Å². The number of carbonyl (C=O) groups excluding carboxylic acids is 1. The molecular weight excluding hydrogens is 564 g/mol. The fourth-order valence-electron chi connectivity index (χ4n) is 4.06. The van der Waals surface area contributed by atoms with Crippen molar-refractivity contribution in [2.75, 3.05) is 25.6 Å². The summed E-state index contributed by atoms with van der Waals surface area (Å²) in [5.74, 6) is -1.13. The number of nitro groups is 1. The number of rotatable bonds is 6. The molecule has 1 aromatic heterocycles. The zero-order valence-corrected chi connectivity index (χ0v) is 22.8. The molecule has 0 bridgehead atoms. The molecule has 0 fully saturated rings. The van der Waals surface area contributed by atoms with E-state index in [2.05, 4.69) is 20.9 Å². The van der Waals surface area contributed by atoms with E-state index in [0.29, 0.717) is 20.5 Å². The summed E-state index contributed by atoms with van der Waals surface area (Å²) in [5, 5.41) is 21.8. The molecule has 4 rings (SSSR count). The van der Waals surface area contributed by atoms with Gasteiger partial charge in [-0.25, -0.2) is 9.79 Å². The van der Waals surface area contributed by atoms with Crippen molar-refractivity contribution in [3.05, 3.63) is 93.1 Å². The molecule has 0 aliphatic carbocycles. The summed E-state index contributed by atoms with van der Waals surface area (Å²) < 4.78 is 7.28. The molecule has 1 aliphatic rings. The van der Waals surface area contributed by atoms with E-state index >= 15 is 0 Å². The molecule has 12 heteroatoms. The molecular formula is C25H23BrN4O6S. The van der Waals surface area contributed by atoms with Crippen molar-refractivity contribution < 1.29 is 19.6 Å². The van der Waals surface area contributed by atoms with E-state index in [1.807, 2.05) is 43.3 Å². The van der Waals surface area contributed by atoms with Crippen LogP contribution in [0, 0.1) is 10.1 Å². The SMILES string of the molecule is CCOC(=O)C1=C(C)N=c2s/c(=C\c3cc(Br)cc([N+](=O)[O-])c3O)c(=O)n2[C@H]1c1ccc(N(C)C)cc1. The minimum atomic E-state index is -0.792. The van der Waals surface area contributed by atoms with Crippen LogP contribution in [0.25, 0.3) is 6.08 Å². The average Bonchev–Trinajstić information content (AvgIpc) is 3.14. The van der Waals surface area contributed by atoms with E-state index in [1.165, 1.54) is 22.8 Å². The van der Waals surface area contributed by atoms with Gasteiger partial charge in [-0.1, -0.05) is 39.4 Å². The lowest BCUT2D eigenvalue weighted by Gasteiger charge is -2.25. The van der Waals surface area contributed by atoms with Gasteiger partial charge in [-0.2, -0.15) is 0 Å². The number of phenols is 1. The van der Waals surface area contributed by atoms with E-state index in [4.69, 9.17) is 4.74 Å². The van der Waals surface area contributed by atoms with E-state index < -0.39 is 33.9 Å². The maximum absolute atomic E-state index is 13.7. The number of carbonyl (C=O) groups is 1. The van der Waals surface area contributed by atoms with Crippen LogP contribution in [0.5, 0.6) is 5.75 Å². The molecule has 0 unspecified atom stereocenters. The predicted molar refractivity (Wildman–Crippen MR) is 144 cm³/mol. The second-order valence-corrected chi connectivity index (χ2v) is 10.3. The van der Waals surface area contributed by atoms with Crippen LogP contribution in [0.3, 0.4) is 0 Å². The van der Waals surface area contributed by atoms with Gasteiger partial charge in [0.15, 0.2) is 4.80 Å².